The van der Waals surface area contributed by atoms with Gasteiger partial charge >= 0.3 is 0 Å². The highest BCUT2D eigenvalue weighted by Crippen LogP contribution is 2.10. The molecule has 0 aliphatic heterocycles. The molecule has 2 N–H and O–H groups in total. The maximum Gasteiger partial charge on any atom is 0.133 e. The van der Waals surface area contributed by atoms with Crippen molar-refractivity contribution in [2.45, 2.75) is 39.0 Å². The minimum Gasteiger partial charge on any atom is -0.404 e. The van der Waals surface area contributed by atoms with Gasteiger partial charge in [0.05, 0.1) is 0 Å². The van der Waals surface area contributed by atoms with E-state index in [-0.39, 0.29) is 0 Å². The van der Waals surface area contributed by atoms with Gasteiger partial charge in [0.2, 0.25) is 0 Å². The van der Waals surface area contributed by atoms with E-state index in [9.17, 15) is 4.79 Å². The molecule has 102 valence electrons. The van der Waals surface area contributed by atoms with E-state index in [2.05, 4.69) is 25.1 Å². The van der Waals surface area contributed by atoms with Crippen LogP contribution in [0.4, 0.5) is 0 Å². The van der Waals surface area contributed by atoms with Crippen molar-refractivity contribution >= 4 is 5.78 Å². The molecule has 19 heavy (non-hydrogen) atoms. The Morgan fingerprint density at radius 2 is 1.89 bits per heavy atom. The van der Waals surface area contributed by atoms with Crippen molar-refractivity contribution in [1.29, 1.82) is 0 Å². The molecule has 0 spiro atoms. The number of carbonyl (C=O) groups excluding carboxylic acids is 1. The quantitative estimate of drug-likeness (QED) is 0.720. The van der Waals surface area contributed by atoms with Crippen LogP contribution >= 0.6 is 0 Å². The van der Waals surface area contributed by atoms with Crippen molar-refractivity contribution in [3.63, 3.8) is 0 Å². The first kappa shape index (κ1) is 15.2. The molecule has 1 aromatic rings. The van der Waals surface area contributed by atoms with E-state index >= 15 is 0 Å². The van der Waals surface area contributed by atoms with Crippen LogP contribution in [0.1, 0.15) is 38.2 Å². The van der Waals surface area contributed by atoms with Gasteiger partial charge in [-0.25, -0.2) is 0 Å². The Hall–Kier alpha value is -1.83. The van der Waals surface area contributed by atoms with E-state index < -0.39 is 0 Å². The molecule has 0 atom stereocenters. The van der Waals surface area contributed by atoms with Gasteiger partial charge < -0.3 is 5.73 Å². The van der Waals surface area contributed by atoms with E-state index in [0.717, 1.165) is 24.8 Å². The van der Waals surface area contributed by atoms with Crippen LogP contribution in [0, 0.1) is 0 Å². The minimum absolute atomic E-state index is 0.299. The molecule has 0 fully saturated rings. The average Bonchev–Trinajstić information content (AvgIpc) is 2.46. The van der Waals surface area contributed by atoms with Crippen LogP contribution in [0.5, 0.6) is 0 Å². The van der Waals surface area contributed by atoms with Gasteiger partial charge in [-0.3, -0.25) is 4.79 Å². The molecule has 0 amide bonds. The standard InChI is InChI=1S/C17H23NO/c1-2-3-7-16(14-18)11-13-17(19)12-10-15-8-5-4-6-9-15/h3-9,14H,2,10-13,18H2,1H3/b7-3-,16-14+. The lowest BCUT2D eigenvalue weighted by atomic mass is 10.0. The molecule has 0 saturated heterocycles. The van der Waals surface area contributed by atoms with E-state index in [1.165, 1.54) is 5.56 Å². The lowest BCUT2D eigenvalue weighted by molar-refractivity contribution is -0.119. The second kappa shape index (κ2) is 9.15. The van der Waals surface area contributed by atoms with Gasteiger partial charge in [-0.2, -0.15) is 0 Å². The maximum absolute atomic E-state index is 11.8. The van der Waals surface area contributed by atoms with Gasteiger partial charge in [-0.05, 0) is 36.6 Å². The molecule has 0 radical (unpaired) electrons. The number of carbonyl (C=O) groups is 1. The van der Waals surface area contributed by atoms with Crippen molar-refractivity contribution in [2.24, 2.45) is 5.73 Å². The average molecular weight is 257 g/mol. The summed E-state index contributed by atoms with van der Waals surface area (Å²) < 4.78 is 0. The zero-order valence-corrected chi connectivity index (χ0v) is 11.6. The van der Waals surface area contributed by atoms with Gasteiger partial charge in [0.15, 0.2) is 0 Å². The number of rotatable bonds is 8. The van der Waals surface area contributed by atoms with Gasteiger partial charge in [0, 0.05) is 12.8 Å². The lowest BCUT2D eigenvalue weighted by Crippen LogP contribution is -2.01. The molecule has 2 heteroatoms. The molecule has 2 nitrogen and oxygen atoms in total. The summed E-state index contributed by atoms with van der Waals surface area (Å²) in [5.41, 5.74) is 7.80. The first-order valence-corrected chi connectivity index (χ1v) is 6.89. The number of benzene rings is 1. The second-order valence-electron chi connectivity index (χ2n) is 4.58. The van der Waals surface area contributed by atoms with Crippen molar-refractivity contribution < 1.29 is 4.79 Å². The van der Waals surface area contributed by atoms with Crippen LogP contribution in [0.15, 0.2) is 54.3 Å². The van der Waals surface area contributed by atoms with Gasteiger partial charge in [0.25, 0.3) is 0 Å². The highest BCUT2D eigenvalue weighted by Gasteiger charge is 2.03. The summed E-state index contributed by atoms with van der Waals surface area (Å²) in [6.45, 7) is 2.08. The summed E-state index contributed by atoms with van der Waals surface area (Å²) >= 11 is 0. The van der Waals surface area contributed by atoms with Crippen LogP contribution < -0.4 is 5.73 Å². The third kappa shape index (κ3) is 6.61. The monoisotopic (exact) mass is 257 g/mol. The fourth-order valence-electron chi connectivity index (χ4n) is 1.83. The molecule has 0 saturated carbocycles. The minimum atomic E-state index is 0.299. The number of Topliss-reactive ketones (excluding diaryl/α,β-unsaturated/α-hetero) is 1. The Morgan fingerprint density at radius 3 is 2.53 bits per heavy atom. The summed E-state index contributed by atoms with van der Waals surface area (Å²) in [5.74, 6) is 0.299. The Morgan fingerprint density at radius 1 is 1.16 bits per heavy atom. The number of aryl methyl sites for hydroxylation is 1. The van der Waals surface area contributed by atoms with Crippen LogP contribution in [0.2, 0.25) is 0 Å². The lowest BCUT2D eigenvalue weighted by Gasteiger charge is -2.03. The third-order valence-corrected chi connectivity index (χ3v) is 3.01. The summed E-state index contributed by atoms with van der Waals surface area (Å²) in [7, 11) is 0. The van der Waals surface area contributed by atoms with Crippen molar-refractivity contribution in [3.8, 4) is 0 Å². The number of allylic oxidation sites excluding steroid dienone is 3. The zero-order chi connectivity index (χ0) is 13.9. The predicted molar refractivity (Wildman–Crippen MR) is 80.7 cm³/mol. The second-order valence-corrected chi connectivity index (χ2v) is 4.58. The first-order valence-electron chi connectivity index (χ1n) is 6.89. The van der Waals surface area contributed by atoms with E-state index in [4.69, 9.17) is 5.73 Å². The molecule has 0 unspecified atom stereocenters. The first-order chi connectivity index (χ1) is 9.26. The van der Waals surface area contributed by atoms with Crippen LogP contribution in [0.25, 0.3) is 0 Å². The number of nitrogens with two attached hydrogens (primary N) is 1. The van der Waals surface area contributed by atoms with Crippen molar-refractivity contribution in [2.75, 3.05) is 0 Å². The maximum atomic E-state index is 11.8. The molecule has 0 bridgehead atoms. The summed E-state index contributed by atoms with van der Waals surface area (Å²) in [5, 5.41) is 0. The molecular weight excluding hydrogens is 234 g/mol. The molecular formula is C17H23NO. The molecule has 0 aromatic heterocycles. The number of hydrogen-bond donors (Lipinski definition) is 1. The van der Waals surface area contributed by atoms with E-state index in [1.54, 1.807) is 6.20 Å². The number of hydrogen-bond acceptors (Lipinski definition) is 2. The SMILES string of the molecule is CC/C=C\C(=C/N)CCC(=O)CCc1ccccc1. The zero-order valence-electron chi connectivity index (χ0n) is 11.6. The van der Waals surface area contributed by atoms with Crippen LogP contribution in [-0.2, 0) is 11.2 Å². The summed E-state index contributed by atoms with van der Waals surface area (Å²) in [6, 6.07) is 10.1. The Balaban J connectivity index is 2.30. The molecule has 0 aliphatic carbocycles. The summed E-state index contributed by atoms with van der Waals surface area (Å²) in [4.78, 5) is 11.8. The van der Waals surface area contributed by atoms with E-state index in [0.29, 0.717) is 18.6 Å². The highest BCUT2D eigenvalue weighted by molar-refractivity contribution is 5.78. The van der Waals surface area contributed by atoms with Crippen LogP contribution in [0.3, 0.4) is 0 Å². The fraction of sp³-hybridized carbons (Fsp3) is 0.353. The molecule has 0 aliphatic rings. The van der Waals surface area contributed by atoms with Gasteiger partial charge in [0.1, 0.15) is 5.78 Å². The smallest absolute Gasteiger partial charge is 0.133 e. The molecule has 1 rings (SSSR count). The molecule has 1 aromatic carbocycles. The normalized spacial score (nSPS) is 11.9. The van der Waals surface area contributed by atoms with Gasteiger partial charge in [-0.1, -0.05) is 49.4 Å². The number of ketones is 1. The molecule has 0 heterocycles. The Bertz CT molecular complexity index is 432. The topological polar surface area (TPSA) is 43.1 Å². The van der Waals surface area contributed by atoms with Gasteiger partial charge in [-0.15, -0.1) is 0 Å². The van der Waals surface area contributed by atoms with E-state index in [1.807, 2.05) is 24.3 Å². The largest absolute Gasteiger partial charge is 0.404 e. The highest BCUT2D eigenvalue weighted by atomic mass is 16.1. The van der Waals surface area contributed by atoms with Crippen molar-refractivity contribution in [3.05, 3.63) is 59.8 Å². The Labute approximate surface area is 116 Å². The Kier molecular flexibility index (Phi) is 7.33. The van der Waals surface area contributed by atoms with Crippen LogP contribution in [-0.4, -0.2) is 5.78 Å². The predicted octanol–water partition coefficient (Wildman–Crippen LogP) is 3.78. The third-order valence-electron chi connectivity index (χ3n) is 3.01. The van der Waals surface area contributed by atoms with Crippen molar-refractivity contribution in [1.82, 2.24) is 0 Å². The summed E-state index contributed by atoms with van der Waals surface area (Å²) in [6.07, 6.45) is 9.39. The fourth-order valence-corrected chi connectivity index (χ4v) is 1.83.